The quantitative estimate of drug-likeness (QED) is 0.736. The van der Waals surface area contributed by atoms with Crippen molar-refractivity contribution in [3.63, 3.8) is 0 Å². The molecule has 0 heterocycles. The van der Waals surface area contributed by atoms with Crippen molar-refractivity contribution in [2.45, 2.75) is 46.1 Å². The molecule has 2 aromatic rings. The smallest absolute Gasteiger partial charge is 0.303 e. The van der Waals surface area contributed by atoms with Crippen molar-refractivity contribution in [1.29, 1.82) is 0 Å². The van der Waals surface area contributed by atoms with Crippen LogP contribution in [0.3, 0.4) is 0 Å². The molecule has 0 aliphatic heterocycles. The highest BCUT2D eigenvalue weighted by Crippen LogP contribution is 2.31. The number of carboxylic acid groups (broad SMARTS) is 1. The van der Waals surface area contributed by atoms with Crippen LogP contribution in [0, 0.1) is 6.92 Å². The van der Waals surface area contributed by atoms with E-state index in [1.807, 2.05) is 37.3 Å². The molecule has 0 aliphatic rings. The molecule has 26 heavy (non-hydrogen) atoms. The van der Waals surface area contributed by atoms with Gasteiger partial charge < -0.3 is 15.2 Å². The molecule has 0 aliphatic carbocycles. The van der Waals surface area contributed by atoms with Gasteiger partial charge in [0.15, 0.2) is 0 Å². The lowest BCUT2D eigenvalue weighted by Gasteiger charge is -2.15. The average Bonchev–Trinajstić information content (AvgIpc) is 2.59. The van der Waals surface area contributed by atoms with E-state index in [9.17, 15) is 9.59 Å². The third-order valence-corrected chi connectivity index (χ3v) is 4.00. The van der Waals surface area contributed by atoms with Gasteiger partial charge in [-0.25, -0.2) is 0 Å². The van der Waals surface area contributed by atoms with Gasteiger partial charge in [-0.05, 0) is 47.7 Å². The second kappa shape index (κ2) is 9.04. The first-order valence-corrected chi connectivity index (χ1v) is 8.71. The van der Waals surface area contributed by atoms with Gasteiger partial charge in [0, 0.05) is 13.0 Å². The number of nitrogens with one attached hydrogen (secondary N) is 1. The zero-order valence-corrected chi connectivity index (χ0v) is 15.4. The monoisotopic (exact) mass is 355 g/mol. The number of aliphatic carboxylic acids is 1. The van der Waals surface area contributed by atoms with Crippen LogP contribution in [0.15, 0.2) is 42.5 Å². The first-order valence-electron chi connectivity index (χ1n) is 8.71. The van der Waals surface area contributed by atoms with E-state index in [2.05, 4.69) is 31.3 Å². The minimum absolute atomic E-state index is 0.0120. The van der Waals surface area contributed by atoms with Crippen LogP contribution in [-0.2, 0) is 16.1 Å². The van der Waals surface area contributed by atoms with E-state index >= 15 is 0 Å². The fourth-order valence-corrected chi connectivity index (χ4v) is 2.52. The molecule has 0 aromatic heterocycles. The van der Waals surface area contributed by atoms with Gasteiger partial charge in [0.1, 0.15) is 11.5 Å². The average molecular weight is 355 g/mol. The second-order valence-electron chi connectivity index (χ2n) is 6.61. The molecule has 0 saturated heterocycles. The molecule has 5 heteroatoms. The number of carbonyl (C=O) groups is 2. The van der Waals surface area contributed by atoms with Crippen LogP contribution < -0.4 is 10.1 Å². The summed E-state index contributed by atoms with van der Waals surface area (Å²) in [5.74, 6) is 0.715. The Morgan fingerprint density at radius 3 is 2.38 bits per heavy atom. The van der Waals surface area contributed by atoms with Gasteiger partial charge in [-0.2, -0.15) is 0 Å². The highest BCUT2D eigenvalue weighted by molar-refractivity contribution is 5.80. The second-order valence-corrected chi connectivity index (χ2v) is 6.61. The minimum atomic E-state index is -0.974. The van der Waals surface area contributed by atoms with E-state index in [1.165, 1.54) is 0 Å². The molecule has 1 amide bonds. The highest BCUT2D eigenvalue weighted by atomic mass is 16.5. The number of hydrogen-bond donors (Lipinski definition) is 2. The molecule has 2 rings (SSSR count). The fraction of sp³-hybridized carbons (Fsp3) is 0.333. The van der Waals surface area contributed by atoms with Crippen molar-refractivity contribution in [3.8, 4) is 11.5 Å². The Bertz CT molecular complexity index is 766. The van der Waals surface area contributed by atoms with Crippen molar-refractivity contribution in [1.82, 2.24) is 5.32 Å². The maximum Gasteiger partial charge on any atom is 0.303 e. The summed E-state index contributed by atoms with van der Waals surface area (Å²) in [5, 5.41) is 11.3. The molecular formula is C21H25NO4. The number of carboxylic acids is 1. The Balaban J connectivity index is 1.97. The van der Waals surface area contributed by atoms with Crippen molar-refractivity contribution < 1.29 is 19.4 Å². The molecule has 2 N–H and O–H groups in total. The van der Waals surface area contributed by atoms with Crippen LogP contribution in [0.5, 0.6) is 11.5 Å². The summed E-state index contributed by atoms with van der Waals surface area (Å²) < 4.78 is 6.04. The molecule has 5 nitrogen and oxygen atoms in total. The fourth-order valence-electron chi connectivity index (χ4n) is 2.52. The SMILES string of the molecule is Cc1ccc(C(C)C)c(Oc2ccc(CNC(=O)CCC(=O)O)cc2)c1. The summed E-state index contributed by atoms with van der Waals surface area (Å²) in [4.78, 5) is 22.0. The Morgan fingerprint density at radius 1 is 1.08 bits per heavy atom. The summed E-state index contributed by atoms with van der Waals surface area (Å²) in [6.07, 6.45) is -0.171. The van der Waals surface area contributed by atoms with Gasteiger partial charge in [0.2, 0.25) is 5.91 Å². The first kappa shape index (κ1) is 19.5. The van der Waals surface area contributed by atoms with Gasteiger partial charge in [-0.1, -0.05) is 38.1 Å². The molecule has 2 aromatic carbocycles. The highest BCUT2D eigenvalue weighted by Gasteiger charge is 2.09. The zero-order valence-electron chi connectivity index (χ0n) is 15.4. The van der Waals surface area contributed by atoms with Gasteiger partial charge in [-0.3, -0.25) is 9.59 Å². The molecule has 0 atom stereocenters. The Kier molecular flexibility index (Phi) is 6.78. The summed E-state index contributed by atoms with van der Waals surface area (Å²) >= 11 is 0. The third kappa shape index (κ3) is 5.92. The molecular weight excluding hydrogens is 330 g/mol. The molecule has 0 unspecified atom stereocenters. The summed E-state index contributed by atoms with van der Waals surface area (Å²) in [5.41, 5.74) is 3.23. The van der Waals surface area contributed by atoms with Gasteiger partial charge in [0.05, 0.1) is 6.42 Å². The maximum atomic E-state index is 11.6. The van der Waals surface area contributed by atoms with Crippen molar-refractivity contribution in [2.24, 2.45) is 0 Å². The van der Waals surface area contributed by atoms with Crippen molar-refractivity contribution in [2.75, 3.05) is 0 Å². The number of ether oxygens (including phenoxy) is 1. The van der Waals surface area contributed by atoms with E-state index in [4.69, 9.17) is 9.84 Å². The predicted molar refractivity (Wildman–Crippen MR) is 101 cm³/mol. The summed E-state index contributed by atoms with van der Waals surface area (Å²) in [6.45, 7) is 6.66. The van der Waals surface area contributed by atoms with Crippen LogP contribution in [0.2, 0.25) is 0 Å². The minimum Gasteiger partial charge on any atom is -0.481 e. The Labute approximate surface area is 154 Å². The number of carbonyl (C=O) groups excluding carboxylic acids is 1. The molecule has 0 bridgehead atoms. The predicted octanol–water partition coefficient (Wildman–Crippen LogP) is 4.39. The van der Waals surface area contributed by atoms with E-state index in [0.717, 1.165) is 28.2 Å². The van der Waals surface area contributed by atoms with E-state index in [1.54, 1.807) is 0 Å². The number of aryl methyl sites for hydroxylation is 1. The van der Waals surface area contributed by atoms with E-state index in [-0.39, 0.29) is 18.7 Å². The molecule has 0 fully saturated rings. The molecule has 0 radical (unpaired) electrons. The first-order chi connectivity index (χ1) is 12.3. The Hall–Kier alpha value is -2.82. The molecule has 0 saturated carbocycles. The third-order valence-electron chi connectivity index (χ3n) is 4.00. The summed E-state index contributed by atoms with van der Waals surface area (Å²) in [7, 11) is 0. The van der Waals surface area contributed by atoms with Gasteiger partial charge in [0.25, 0.3) is 0 Å². The molecule has 0 spiro atoms. The normalized spacial score (nSPS) is 10.6. The lowest BCUT2D eigenvalue weighted by molar-refractivity contribution is -0.138. The van der Waals surface area contributed by atoms with Crippen LogP contribution in [0.25, 0.3) is 0 Å². The number of amides is 1. The van der Waals surface area contributed by atoms with Crippen LogP contribution >= 0.6 is 0 Å². The van der Waals surface area contributed by atoms with Crippen molar-refractivity contribution in [3.05, 3.63) is 59.2 Å². The van der Waals surface area contributed by atoms with E-state index in [0.29, 0.717) is 12.5 Å². The lowest BCUT2D eigenvalue weighted by Crippen LogP contribution is -2.23. The van der Waals surface area contributed by atoms with E-state index < -0.39 is 5.97 Å². The van der Waals surface area contributed by atoms with Gasteiger partial charge >= 0.3 is 5.97 Å². The number of hydrogen-bond acceptors (Lipinski definition) is 3. The van der Waals surface area contributed by atoms with Crippen LogP contribution in [0.4, 0.5) is 0 Å². The summed E-state index contributed by atoms with van der Waals surface area (Å²) in [6, 6.07) is 13.7. The number of rotatable bonds is 8. The standard InChI is InChI=1S/C21H25NO4/c1-14(2)18-9-4-15(3)12-19(18)26-17-7-5-16(6-8-17)13-22-20(23)10-11-21(24)25/h4-9,12,14H,10-11,13H2,1-3H3,(H,22,23)(H,24,25). The van der Waals surface area contributed by atoms with Crippen molar-refractivity contribution >= 4 is 11.9 Å². The Morgan fingerprint density at radius 2 is 1.77 bits per heavy atom. The molecule has 138 valence electrons. The van der Waals surface area contributed by atoms with Gasteiger partial charge in [-0.15, -0.1) is 0 Å². The van der Waals surface area contributed by atoms with Crippen LogP contribution in [-0.4, -0.2) is 17.0 Å². The zero-order chi connectivity index (χ0) is 19.1. The van der Waals surface area contributed by atoms with Crippen LogP contribution in [0.1, 0.15) is 49.3 Å². The lowest BCUT2D eigenvalue weighted by atomic mass is 10.0. The largest absolute Gasteiger partial charge is 0.481 e. The number of benzene rings is 2. The topological polar surface area (TPSA) is 75.6 Å². The maximum absolute atomic E-state index is 11.6.